The summed E-state index contributed by atoms with van der Waals surface area (Å²) in [6.45, 7) is 15.0. The number of rotatable bonds is 7. The van der Waals surface area contributed by atoms with E-state index >= 15 is 0 Å². The Bertz CT molecular complexity index is 9380. The number of benzene rings is 21. The molecule has 7 aromatic heterocycles. The van der Waals surface area contributed by atoms with Gasteiger partial charge < -0.3 is 0 Å². The summed E-state index contributed by atoms with van der Waals surface area (Å²) in [5, 5.41) is 19.1. The topological polar surface area (TPSA) is 0 Å². The monoisotopic (exact) mass is 1920 g/mol. The van der Waals surface area contributed by atoms with E-state index in [4.69, 9.17) is 0 Å². The van der Waals surface area contributed by atoms with Gasteiger partial charge in [-0.1, -0.05) is 410 Å². The molecule has 0 aliphatic carbocycles. The highest BCUT2D eigenvalue weighted by Gasteiger charge is 2.18. The highest BCUT2D eigenvalue weighted by molar-refractivity contribution is 7.28. The zero-order chi connectivity index (χ0) is 94.7. The molecule has 0 saturated heterocycles. The van der Waals surface area contributed by atoms with Gasteiger partial charge in [-0.05, 0) is 222 Å². The molecular formula is C133H98S7. The van der Waals surface area contributed by atoms with Crippen LogP contribution in [0.5, 0.6) is 0 Å². The largest absolute Gasteiger partial charge is 0.135 e. The fourth-order valence-corrected chi connectivity index (χ4v) is 27.3. The molecule has 0 radical (unpaired) electrons. The van der Waals surface area contributed by atoms with Gasteiger partial charge in [-0.15, -0.1) is 79.4 Å². The minimum atomic E-state index is 1.28. The molecule has 0 saturated carbocycles. The summed E-state index contributed by atoms with van der Waals surface area (Å²) in [5.41, 5.74) is 27.6. The maximum Gasteiger partial charge on any atom is 0.0433 e. The van der Waals surface area contributed by atoms with Crippen LogP contribution in [0.25, 0.3) is 219 Å². The van der Waals surface area contributed by atoms with E-state index in [9.17, 15) is 0 Å². The van der Waals surface area contributed by atoms with Gasteiger partial charge in [0.05, 0.1) is 0 Å². The van der Waals surface area contributed by atoms with E-state index in [0.717, 1.165) is 0 Å². The Balaban J connectivity index is 0.0000000939. The third-order valence-corrected chi connectivity index (χ3v) is 34.6. The molecule has 7 heterocycles. The Kier molecular flexibility index (Phi) is 26.0. The van der Waals surface area contributed by atoms with Gasteiger partial charge in [0.1, 0.15) is 0 Å². The van der Waals surface area contributed by atoms with Gasteiger partial charge in [0.15, 0.2) is 0 Å². The Morgan fingerprint density at radius 2 is 0.393 bits per heavy atom. The molecule has 0 bridgehead atoms. The average Bonchev–Trinajstić information content (AvgIpc) is 1.74. The van der Waals surface area contributed by atoms with Gasteiger partial charge in [0.25, 0.3) is 0 Å². The Morgan fingerprint density at radius 1 is 0.121 bits per heavy atom. The predicted octanol–water partition coefficient (Wildman–Crippen LogP) is 42.2. The first kappa shape index (κ1) is 90.3. The molecule has 0 fully saturated rings. The van der Waals surface area contributed by atoms with E-state index in [1.807, 2.05) is 79.4 Å². The minimum absolute atomic E-state index is 1.28. The molecule has 0 nitrogen and oxygen atoms in total. The molecule has 21 aromatic carbocycles. The quantitative estimate of drug-likeness (QED) is 0.149. The second-order valence-corrected chi connectivity index (χ2v) is 43.5. The van der Waals surface area contributed by atoms with Crippen molar-refractivity contribution in [3.05, 3.63) is 506 Å². The lowest BCUT2D eigenvalue weighted by molar-refractivity contribution is 1.46. The average molecular weight is 1920 g/mol. The Morgan fingerprint density at radius 3 is 0.864 bits per heavy atom. The number of aryl methyl sites for hydroxylation is 7. The zero-order valence-electron chi connectivity index (χ0n) is 78.8. The minimum Gasteiger partial charge on any atom is -0.135 e. The van der Waals surface area contributed by atoms with Crippen LogP contribution in [0.1, 0.15) is 38.9 Å². The van der Waals surface area contributed by atoms with Gasteiger partial charge in [0.2, 0.25) is 0 Å². The normalized spacial score (nSPS) is 11.2. The highest BCUT2D eigenvalue weighted by Crippen LogP contribution is 2.47. The van der Waals surface area contributed by atoms with Crippen LogP contribution in [-0.2, 0) is 0 Å². The maximum atomic E-state index is 2.33. The number of hydrogen-bond donors (Lipinski definition) is 0. The highest BCUT2D eigenvalue weighted by atomic mass is 32.1. The fraction of sp³-hybridized carbons (Fsp3) is 0.0526. The first-order valence-electron chi connectivity index (χ1n) is 47.6. The Labute approximate surface area is 845 Å². The third-order valence-electron chi connectivity index (χ3n) is 26.4. The van der Waals surface area contributed by atoms with Crippen LogP contribution in [0.3, 0.4) is 0 Å². The summed E-state index contributed by atoms with van der Waals surface area (Å²) in [5.74, 6) is 0. The van der Waals surface area contributed by atoms with E-state index in [-0.39, 0.29) is 0 Å². The molecule has 0 atom stereocenters. The summed E-state index contributed by atoms with van der Waals surface area (Å²) in [4.78, 5) is 0. The van der Waals surface area contributed by atoms with Crippen LogP contribution in [0.2, 0.25) is 0 Å². The zero-order valence-corrected chi connectivity index (χ0v) is 84.5. The third kappa shape index (κ3) is 18.7. The van der Waals surface area contributed by atoms with Gasteiger partial charge in [-0.25, -0.2) is 0 Å². The predicted molar refractivity (Wildman–Crippen MR) is 627 cm³/mol. The van der Waals surface area contributed by atoms with Crippen LogP contribution in [0.4, 0.5) is 0 Å². The number of fused-ring (bicyclic) bond motifs is 21. The van der Waals surface area contributed by atoms with E-state index in [0.29, 0.717) is 0 Å². The SMILES string of the molecule is Cc1ccc(-c2ccc3c(c2)sc2ccccc23)cc1.Cc1ccc(-c2ccc3sc4ccccc4c3c2)cc1.Cc1ccc(-c2cccc3sc4ccccc4c23)cc1.Cc1cccc(-c2cccc3c2sc2ccccc23)c1.Cc1cccc(-c2cccc3sc4ccccc4c23)c1.Cc1ccccc1-c1ccc2sc3ccccc3c2c1.Cc1ccccc1-c1cccc2c1sc1ccccc12. The van der Waals surface area contributed by atoms with E-state index in [1.54, 1.807) is 0 Å². The molecular weight excluding hydrogens is 1820 g/mol. The van der Waals surface area contributed by atoms with Crippen molar-refractivity contribution in [1.82, 2.24) is 0 Å². The molecule has 0 spiro atoms. The van der Waals surface area contributed by atoms with Gasteiger partial charge in [-0.2, -0.15) is 0 Å². The molecule has 672 valence electrons. The van der Waals surface area contributed by atoms with Crippen LogP contribution in [-0.4, -0.2) is 0 Å². The first-order valence-corrected chi connectivity index (χ1v) is 53.3. The van der Waals surface area contributed by atoms with Crippen LogP contribution < -0.4 is 0 Å². The first-order chi connectivity index (χ1) is 68.8. The molecule has 28 rings (SSSR count). The van der Waals surface area contributed by atoms with Crippen LogP contribution >= 0.6 is 79.4 Å². The summed E-state index contributed by atoms with van der Waals surface area (Å²) >= 11 is 13.1. The molecule has 0 amide bonds. The summed E-state index contributed by atoms with van der Waals surface area (Å²) in [6.07, 6.45) is 0. The molecule has 0 aliphatic heterocycles. The van der Waals surface area contributed by atoms with Crippen molar-refractivity contribution in [3.8, 4) is 77.9 Å². The lowest BCUT2D eigenvalue weighted by Gasteiger charge is -2.06. The van der Waals surface area contributed by atoms with Gasteiger partial charge >= 0.3 is 0 Å². The van der Waals surface area contributed by atoms with Crippen LogP contribution in [0.15, 0.2) is 467 Å². The lowest BCUT2D eigenvalue weighted by Crippen LogP contribution is -1.82. The molecule has 7 heteroatoms. The Hall–Kier alpha value is -14.8. The number of hydrogen-bond acceptors (Lipinski definition) is 7. The molecule has 0 N–H and O–H groups in total. The second-order valence-electron chi connectivity index (χ2n) is 36.0. The maximum absolute atomic E-state index is 2.33. The molecule has 28 aromatic rings. The van der Waals surface area contributed by atoms with Crippen molar-refractivity contribution in [2.24, 2.45) is 0 Å². The van der Waals surface area contributed by atoms with Crippen molar-refractivity contribution in [2.75, 3.05) is 0 Å². The van der Waals surface area contributed by atoms with Crippen molar-refractivity contribution in [2.45, 2.75) is 48.5 Å². The van der Waals surface area contributed by atoms with E-state index in [1.165, 1.54) is 258 Å². The summed E-state index contributed by atoms with van der Waals surface area (Å²) < 4.78 is 19.2. The van der Waals surface area contributed by atoms with Crippen molar-refractivity contribution >= 4 is 221 Å². The molecule has 0 unspecified atom stereocenters. The summed E-state index contributed by atoms with van der Waals surface area (Å²) in [6, 6.07) is 168. The van der Waals surface area contributed by atoms with Gasteiger partial charge in [-0.3, -0.25) is 0 Å². The van der Waals surface area contributed by atoms with E-state index < -0.39 is 0 Å². The smallest absolute Gasteiger partial charge is 0.0433 e. The second kappa shape index (κ2) is 40.3. The van der Waals surface area contributed by atoms with Crippen molar-refractivity contribution < 1.29 is 0 Å². The molecule has 140 heavy (non-hydrogen) atoms. The van der Waals surface area contributed by atoms with Gasteiger partial charge in [0, 0.05) is 141 Å². The number of thiophene rings is 7. The van der Waals surface area contributed by atoms with Crippen molar-refractivity contribution in [3.63, 3.8) is 0 Å². The summed E-state index contributed by atoms with van der Waals surface area (Å²) in [7, 11) is 0. The molecule has 0 aliphatic rings. The van der Waals surface area contributed by atoms with Crippen LogP contribution in [0, 0.1) is 48.5 Å². The fourth-order valence-electron chi connectivity index (χ4n) is 19.3. The standard InChI is InChI=1S/7C19H14S/c1-13-6-4-7-14(12-13)15-9-5-10-17-16-8-2-3-11-18(16)20-19(15)17;1-13-6-4-7-14(12-13)15-9-5-11-18-19(15)16-8-2-3-10-17(16)20-18;1-13-7-2-3-8-14(13)16-10-6-11-17-15-9-4-5-12-18(15)20-19(16)17;1-13-6-2-3-7-15(13)14-10-11-19-17(12-14)16-8-4-5-9-18(16)20-19;1-13-9-11-14(12-10-13)15-6-4-8-18-19(15)16-5-2-3-7-17(16)20-18;1-13-6-8-14(9-7-13)15-10-11-19-17(12-15)16-4-2-3-5-18(16)20-19;1-13-6-8-14(9-7-13)15-10-11-17-16-4-2-3-5-18(16)20-19(17)12-15/h7*2-12H,1H3. The van der Waals surface area contributed by atoms with Crippen molar-refractivity contribution in [1.29, 1.82) is 0 Å². The lowest BCUT2D eigenvalue weighted by atomic mass is 9.98. The van der Waals surface area contributed by atoms with E-state index in [2.05, 4.69) is 516 Å².